The van der Waals surface area contributed by atoms with Crippen LogP contribution in [0.1, 0.15) is 11.1 Å². The Morgan fingerprint density at radius 2 is 1.85 bits per heavy atom. The van der Waals surface area contributed by atoms with Crippen molar-refractivity contribution in [2.24, 2.45) is 9.98 Å². The molecule has 0 atom stereocenters. The van der Waals surface area contributed by atoms with E-state index in [1.165, 1.54) is 5.56 Å². The quantitative estimate of drug-likeness (QED) is 0.626. The highest BCUT2D eigenvalue weighted by molar-refractivity contribution is 5.78. The summed E-state index contributed by atoms with van der Waals surface area (Å²) >= 11 is 0. The normalized spacial score (nSPS) is 11.3. The van der Waals surface area contributed by atoms with E-state index < -0.39 is 0 Å². The Kier molecular flexibility index (Phi) is 4.60. The molecule has 0 saturated carbocycles. The van der Waals surface area contributed by atoms with Gasteiger partial charge in [0.05, 0.1) is 18.4 Å². The molecule has 0 bridgehead atoms. The lowest BCUT2D eigenvalue weighted by atomic mass is 10.1. The molecule has 0 saturated heterocycles. The van der Waals surface area contributed by atoms with Crippen molar-refractivity contribution >= 4 is 24.2 Å². The van der Waals surface area contributed by atoms with Crippen LogP contribution in [0.4, 0.5) is 11.5 Å². The van der Waals surface area contributed by atoms with Gasteiger partial charge in [0, 0.05) is 13.2 Å². The molecule has 1 aromatic heterocycles. The molecule has 2 rings (SSSR count). The van der Waals surface area contributed by atoms with Gasteiger partial charge in [-0.05, 0) is 37.6 Å². The molecule has 0 aliphatic heterocycles. The molecule has 4 heteroatoms. The number of rotatable bonds is 4. The van der Waals surface area contributed by atoms with Crippen LogP contribution >= 0.6 is 0 Å². The second-order valence-electron chi connectivity index (χ2n) is 4.63. The fraction of sp³-hybridized carbons (Fsp3) is 0.188. The first-order chi connectivity index (χ1) is 9.65. The van der Waals surface area contributed by atoms with E-state index in [2.05, 4.69) is 40.9 Å². The van der Waals surface area contributed by atoms with Gasteiger partial charge in [0.2, 0.25) is 0 Å². The zero-order valence-electron chi connectivity index (χ0n) is 12.0. The van der Waals surface area contributed by atoms with Gasteiger partial charge < -0.3 is 4.90 Å². The third kappa shape index (κ3) is 4.02. The molecule has 0 fully saturated rings. The number of aryl methyl sites for hydroxylation is 2. The molecule has 0 spiro atoms. The van der Waals surface area contributed by atoms with E-state index in [4.69, 9.17) is 0 Å². The van der Waals surface area contributed by atoms with Gasteiger partial charge in [0.15, 0.2) is 5.82 Å². The van der Waals surface area contributed by atoms with Gasteiger partial charge in [-0.3, -0.25) is 0 Å². The zero-order chi connectivity index (χ0) is 14.4. The Morgan fingerprint density at radius 1 is 1.05 bits per heavy atom. The van der Waals surface area contributed by atoms with Gasteiger partial charge >= 0.3 is 0 Å². The van der Waals surface area contributed by atoms with Crippen molar-refractivity contribution in [3.05, 3.63) is 53.7 Å². The number of hydrogen-bond acceptors (Lipinski definition) is 3. The number of aliphatic imine (C=N–C) groups is 2. The third-order valence-electron chi connectivity index (χ3n) is 2.75. The molecule has 0 aliphatic carbocycles. The van der Waals surface area contributed by atoms with Crippen LogP contribution in [-0.4, -0.2) is 29.6 Å². The van der Waals surface area contributed by atoms with Crippen molar-refractivity contribution in [1.82, 2.24) is 9.88 Å². The molecule has 0 radical (unpaired) electrons. The highest BCUT2D eigenvalue weighted by Crippen LogP contribution is 2.18. The molecule has 0 N–H and O–H groups in total. The van der Waals surface area contributed by atoms with Crippen LogP contribution in [0.25, 0.3) is 0 Å². The summed E-state index contributed by atoms with van der Waals surface area (Å²) < 4.78 is 0. The van der Waals surface area contributed by atoms with Crippen LogP contribution in [-0.2, 0) is 0 Å². The van der Waals surface area contributed by atoms with Crippen LogP contribution in [0.5, 0.6) is 0 Å². The van der Waals surface area contributed by atoms with Crippen LogP contribution < -0.4 is 0 Å². The summed E-state index contributed by atoms with van der Waals surface area (Å²) in [7, 11) is 1.89. The van der Waals surface area contributed by atoms with E-state index in [1.807, 2.05) is 31.3 Å². The zero-order valence-corrected chi connectivity index (χ0v) is 12.0. The second-order valence-corrected chi connectivity index (χ2v) is 4.63. The largest absolute Gasteiger partial charge is 0.326 e. The molecule has 1 heterocycles. The van der Waals surface area contributed by atoms with Crippen LogP contribution in [0.15, 0.2) is 52.6 Å². The fourth-order valence-electron chi connectivity index (χ4n) is 1.71. The lowest BCUT2D eigenvalue weighted by molar-refractivity contribution is 0.801. The summed E-state index contributed by atoms with van der Waals surface area (Å²) in [5.41, 5.74) is 3.37. The van der Waals surface area contributed by atoms with E-state index in [-0.39, 0.29) is 0 Å². The number of aromatic nitrogens is 1. The molecule has 1 aromatic carbocycles. The van der Waals surface area contributed by atoms with Gasteiger partial charge in [-0.15, -0.1) is 0 Å². The number of hydrogen-bond donors (Lipinski definition) is 0. The Bertz CT molecular complexity index is 618. The predicted octanol–water partition coefficient (Wildman–Crippen LogP) is 3.65. The van der Waals surface area contributed by atoms with Crippen molar-refractivity contribution in [2.75, 3.05) is 7.05 Å². The highest BCUT2D eigenvalue weighted by atomic mass is 15.2. The average molecular weight is 266 g/mol. The maximum Gasteiger partial charge on any atom is 0.153 e. The smallest absolute Gasteiger partial charge is 0.153 e. The highest BCUT2D eigenvalue weighted by Gasteiger charge is 1.95. The minimum absolute atomic E-state index is 0.680. The number of pyridine rings is 1. The van der Waals surface area contributed by atoms with Gasteiger partial charge in [-0.25, -0.2) is 15.0 Å². The maximum atomic E-state index is 4.45. The van der Waals surface area contributed by atoms with E-state index in [0.29, 0.717) is 5.82 Å². The average Bonchev–Trinajstić information content (AvgIpc) is 2.45. The van der Waals surface area contributed by atoms with Crippen LogP contribution in [0.3, 0.4) is 0 Å². The van der Waals surface area contributed by atoms with Gasteiger partial charge in [0.1, 0.15) is 0 Å². The first kappa shape index (κ1) is 13.9. The van der Waals surface area contributed by atoms with Gasteiger partial charge in [-0.1, -0.05) is 23.8 Å². The van der Waals surface area contributed by atoms with Crippen molar-refractivity contribution < 1.29 is 0 Å². The van der Waals surface area contributed by atoms with E-state index in [0.717, 1.165) is 11.3 Å². The van der Waals surface area contributed by atoms with E-state index >= 15 is 0 Å². The lowest BCUT2D eigenvalue weighted by Crippen LogP contribution is -2.12. The Labute approximate surface area is 119 Å². The Balaban J connectivity index is 2.02. The first-order valence-electron chi connectivity index (χ1n) is 6.44. The summed E-state index contributed by atoms with van der Waals surface area (Å²) in [5, 5.41) is 0. The Morgan fingerprint density at radius 3 is 2.55 bits per heavy atom. The molecular formula is C16H18N4. The summed E-state index contributed by atoms with van der Waals surface area (Å²) in [6.07, 6.45) is 5.15. The minimum atomic E-state index is 0.680. The van der Waals surface area contributed by atoms with Crippen LogP contribution in [0, 0.1) is 13.8 Å². The van der Waals surface area contributed by atoms with Crippen LogP contribution in [0.2, 0.25) is 0 Å². The van der Waals surface area contributed by atoms with Gasteiger partial charge in [-0.2, -0.15) is 0 Å². The van der Waals surface area contributed by atoms with Crippen molar-refractivity contribution in [3.8, 4) is 0 Å². The molecule has 102 valence electrons. The topological polar surface area (TPSA) is 40.9 Å². The van der Waals surface area contributed by atoms with E-state index in [1.54, 1.807) is 23.8 Å². The second kappa shape index (κ2) is 6.61. The standard InChI is InChI=1S/C16H18N4/c1-13-7-8-15(14(2)10-13)18-11-20(3)12-19-16-6-4-5-9-17-16/h4-12H,1-3H3/b18-11?,19-12+. The lowest BCUT2D eigenvalue weighted by Gasteiger charge is -2.06. The molecule has 0 amide bonds. The maximum absolute atomic E-state index is 4.45. The molecule has 0 aliphatic rings. The monoisotopic (exact) mass is 266 g/mol. The minimum Gasteiger partial charge on any atom is -0.326 e. The summed E-state index contributed by atoms with van der Waals surface area (Å²) in [5.74, 6) is 0.680. The predicted molar refractivity (Wildman–Crippen MR) is 84.2 cm³/mol. The SMILES string of the molecule is Cc1ccc(N=CN(C)/C=N/c2ccccn2)c(C)c1. The molecular weight excluding hydrogens is 248 g/mol. The molecule has 4 nitrogen and oxygen atoms in total. The van der Waals surface area contributed by atoms with Crippen molar-refractivity contribution in [1.29, 1.82) is 0 Å². The summed E-state index contributed by atoms with van der Waals surface area (Å²) in [4.78, 5) is 14.6. The third-order valence-corrected chi connectivity index (χ3v) is 2.75. The summed E-state index contributed by atoms with van der Waals surface area (Å²) in [6.45, 7) is 4.13. The first-order valence-corrected chi connectivity index (χ1v) is 6.44. The fourth-order valence-corrected chi connectivity index (χ4v) is 1.71. The van der Waals surface area contributed by atoms with Gasteiger partial charge in [0.25, 0.3) is 0 Å². The molecule has 2 aromatic rings. The summed E-state index contributed by atoms with van der Waals surface area (Å²) in [6, 6.07) is 11.8. The van der Waals surface area contributed by atoms with E-state index in [9.17, 15) is 0 Å². The van der Waals surface area contributed by atoms with Crippen molar-refractivity contribution in [3.63, 3.8) is 0 Å². The number of benzene rings is 1. The molecule has 0 unspecified atom stereocenters. The molecule has 20 heavy (non-hydrogen) atoms. The van der Waals surface area contributed by atoms with Crippen molar-refractivity contribution in [2.45, 2.75) is 13.8 Å². The number of nitrogens with zero attached hydrogens (tertiary/aromatic N) is 4. The Hall–Kier alpha value is -2.49.